The van der Waals surface area contributed by atoms with E-state index < -0.39 is 0 Å². The molecule has 0 spiro atoms. The van der Waals surface area contributed by atoms with Crippen LogP contribution in [-0.4, -0.2) is 26.4 Å². The first-order valence-electron chi connectivity index (χ1n) is 6.47. The molecule has 4 heteroatoms. The van der Waals surface area contributed by atoms with E-state index in [1.54, 1.807) is 0 Å². The molecule has 0 aliphatic carbocycles. The van der Waals surface area contributed by atoms with E-state index in [0.29, 0.717) is 19.8 Å². The van der Waals surface area contributed by atoms with E-state index in [0.717, 1.165) is 41.7 Å². The summed E-state index contributed by atoms with van der Waals surface area (Å²) < 4.78 is 12.2. The highest BCUT2D eigenvalue weighted by molar-refractivity contribution is 9.10. The Morgan fingerprint density at radius 3 is 2.78 bits per heavy atom. The highest BCUT2D eigenvalue weighted by Crippen LogP contribution is 2.23. The average molecular weight is 316 g/mol. The Morgan fingerprint density at radius 1 is 1.22 bits per heavy atom. The molecule has 0 aromatic heterocycles. The predicted molar refractivity (Wildman–Crippen MR) is 78.1 cm³/mol. The van der Waals surface area contributed by atoms with Gasteiger partial charge < -0.3 is 15.2 Å². The van der Waals surface area contributed by atoms with Gasteiger partial charge in [-0.3, -0.25) is 0 Å². The van der Waals surface area contributed by atoms with E-state index >= 15 is 0 Å². The van der Waals surface area contributed by atoms with Crippen LogP contribution in [-0.2, 0) is 11.2 Å². The van der Waals surface area contributed by atoms with E-state index in [4.69, 9.17) is 15.2 Å². The van der Waals surface area contributed by atoms with Crippen molar-refractivity contribution in [1.29, 1.82) is 0 Å². The Hall–Kier alpha value is -0.580. The van der Waals surface area contributed by atoms with Crippen LogP contribution < -0.4 is 10.5 Å². The second-order valence-corrected chi connectivity index (χ2v) is 5.02. The third-order valence-electron chi connectivity index (χ3n) is 2.56. The zero-order valence-corrected chi connectivity index (χ0v) is 12.5. The Labute approximate surface area is 118 Å². The molecule has 1 aromatic rings. The molecule has 3 nitrogen and oxygen atoms in total. The number of rotatable bonds is 9. The molecule has 0 unspecified atom stereocenters. The molecule has 0 bridgehead atoms. The molecule has 0 heterocycles. The molecule has 18 heavy (non-hydrogen) atoms. The summed E-state index contributed by atoms with van der Waals surface area (Å²) >= 11 is 3.46. The molecule has 0 amide bonds. The summed E-state index contributed by atoms with van der Waals surface area (Å²) in [6.45, 7) is 4.82. The van der Waals surface area contributed by atoms with Crippen molar-refractivity contribution in [3.63, 3.8) is 0 Å². The quantitative estimate of drug-likeness (QED) is 0.712. The van der Waals surface area contributed by atoms with Gasteiger partial charge in [0.25, 0.3) is 0 Å². The average Bonchev–Trinajstić information content (AvgIpc) is 2.36. The maximum Gasteiger partial charge on any atom is 0.122 e. The minimum absolute atomic E-state index is 0.586. The molecule has 0 radical (unpaired) electrons. The first kappa shape index (κ1) is 15.5. The van der Waals surface area contributed by atoms with Crippen LogP contribution in [0.3, 0.4) is 0 Å². The molecule has 0 atom stereocenters. The minimum Gasteiger partial charge on any atom is -0.491 e. The minimum atomic E-state index is 0.586. The van der Waals surface area contributed by atoms with Gasteiger partial charge in [-0.05, 0) is 43.1 Å². The van der Waals surface area contributed by atoms with Gasteiger partial charge in [-0.25, -0.2) is 0 Å². The standard InChI is InChI=1S/C14H22BrNO2/c1-2-3-8-17-9-10-18-14-5-4-13(15)11-12(14)6-7-16/h4-5,11H,2-3,6-10,16H2,1H3. The molecule has 0 saturated carbocycles. The molecule has 2 N–H and O–H groups in total. The van der Waals surface area contributed by atoms with Crippen LogP contribution in [0.5, 0.6) is 5.75 Å². The van der Waals surface area contributed by atoms with Crippen molar-refractivity contribution in [2.45, 2.75) is 26.2 Å². The maximum absolute atomic E-state index is 5.72. The number of nitrogens with two attached hydrogens (primary N) is 1. The SMILES string of the molecule is CCCCOCCOc1ccc(Br)cc1CCN. The number of hydrogen-bond donors (Lipinski definition) is 1. The summed E-state index contributed by atoms with van der Waals surface area (Å²) in [5.74, 6) is 0.905. The van der Waals surface area contributed by atoms with Crippen LogP contribution in [0.4, 0.5) is 0 Å². The Morgan fingerprint density at radius 2 is 2.06 bits per heavy atom. The van der Waals surface area contributed by atoms with Crippen molar-refractivity contribution in [3.05, 3.63) is 28.2 Å². The van der Waals surface area contributed by atoms with Gasteiger partial charge in [0.15, 0.2) is 0 Å². The molecule has 0 saturated heterocycles. The van der Waals surface area contributed by atoms with Gasteiger partial charge in [-0.1, -0.05) is 29.3 Å². The fourth-order valence-corrected chi connectivity index (χ4v) is 2.01. The van der Waals surface area contributed by atoms with Gasteiger partial charge >= 0.3 is 0 Å². The summed E-state index contributed by atoms with van der Waals surface area (Å²) in [5.41, 5.74) is 6.73. The third kappa shape index (κ3) is 5.85. The van der Waals surface area contributed by atoms with Gasteiger partial charge in [0, 0.05) is 11.1 Å². The first-order chi connectivity index (χ1) is 8.77. The summed E-state index contributed by atoms with van der Waals surface area (Å²) in [6, 6.07) is 6.01. The monoisotopic (exact) mass is 315 g/mol. The topological polar surface area (TPSA) is 44.5 Å². The Kier molecular flexibility index (Phi) is 8.05. The van der Waals surface area contributed by atoms with E-state index in [1.165, 1.54) is 0 Å². The zero-order valence-electron chi connectivity index (χ0n) is 11.0. The van der Waals surface area contributed by atoms with Gasteiger partial charge in [0.1, 0.15) is 12.4 Å². The lowest BCUT2D eigenvalue weighted by molar-refractivity contribution is 0.0977. The van der Waals surface area contributed by atoms with E-state index in [2.05, 4.69) is 28.9 Å². The molecule has 0 aliphatic rings. The lowest BCUT2D eigenvalue weighted by atomic mass is 10.1. The van der Waals surface area contributed by atoms with E-state index in [1.807, 2.05) is 12.1 Å². The number of hydrogen-bond acceptors (Lipinski definition) is 3. The maximum atomic E-state index is 5.72. The molecule has 1 rings (SSSR count). The van der Waals surface area contributed by atoms with Crippen LogP contribution in [0.25, 0.3) is 0 Å². The smallest absolute Gasteiger partial charge is 0.122 e. The highest BCUT2D eigenvalue weighted by Gasteiger charge is 2.03. The third-order valence-corrected chi connectivity index (χ3v) is 3.06. The Bertz CT molecular complexity index is 345. The molecular formula is C14H22BrNO2. The molecule has 1 aromatic carbocycles. The van der Waals surface area contributed by atoms with E-state index in [9.17, 15) is 0 Å². The largest absolute Gasteiger partial charge is 0.491 e. The van der Waals surface area contributed by atoms with Crippen LogP contribution >= 0.6 is 15.9 Å². The lowest BCUT2D eigenvalue weighted by Gasteiger charge is -2.11. The van der Waals surface area contributed by atoms with Crippen molar-refractivity contribution in [3.8, 4) is 5.75 Å². The van der Waals surface area contributed by atoms with Crippen molar-refractivity contribution in [2.75, 3.05) is 26.4 Å². The van der Waals surface area contributed by atoms with Crippen LogP contribution in [0.15, 0.2) is 22.7 Å². The van der Waals surface area contributed by atoms with E-state index in [-0.39, 0.29) is 0 Å². The molecule has 102 valence electrons. The summed E-state index contributed by atoms with van der Waals surface area (Å²) in [7, 11) is 0. The number of unbranched alkanes of at least 4 members (excludes halogenated alkanes) is 1. The highest BCUT2D eigenvalue weighted by atomic mass is 79.9. The predicted octanol–water partition coefficient (Wildman–Crippen LogP) is 3.15. The number of ether oxygens (including phenoxy) is 2. The van der Waals surface area contributed by atoms with Gasteiger partial charge in [-0.15, -0.1) is 0 Å². The fourth-order valence-electron chi connectivity index (χ4n) is 1.60. The van der Waals surface area contributed by atoms with Gasteiger partial charge in [0.05, 0.1) is 6.61 Å². The van der Waals surface area contributed by atoms with Crippen molar-refractivity contribution < 1.29 is 9.47 Å². The van der Waals surface area contributed by atoms with Gasteiger partial charge in [0.2, 0.25) is 0 Å². The second-order valence-electron chi connectivity index (χ2n) is 4.11. The van der Waals surface area contributed by atoms with Crippen LogP contribution in [0, 0.1) is 0 Å². The second kappa shape index (κ2) is 9.36. The van der Waals surface area contributed by atoms with Crippen molar-refractivity contribution >= 4 is 15.9 Å². The van der Waals surface area contributed by atoms with Crippen molar-refractivity contribution in [1.82, 2.24) is 0 Å². The number of benzene rings is 1. The molecule has 0 aliphatic heterocycles. The summed E-state index contributed by atoms with van der Waals surface area (Å²) in [5, 5.41) is 0. The zero-order chi connectivity index (χ0) is 13.2. The normalized spacial score (nSPS) is 10.6. The first-order valence-corrected chi connectivity index (χ1v) is 7.26. The van der Waals surface area contributed by atoms with Crippen LogP contribution in [0.2, 0.25) is 0 Å². The number of halogens is 1. The lowest BCUT2D eigenvalue weighted by Crippen LogP contribution is -2.10. The fraction of sp³-hybridized carbons (Fsp3) is 0.571. The summed E-state index contributed by atoms with van der Waals surface area (Å²) in [6.07, 6.45) is 3.09. The van der Waals surface area contributed by atoms with Crippen molar-refractivity contribution in [2.24, 2.45) is 5.73 Å². The summed E-state index contributed by atoms with van der Waals surface area (Å²) in [4.78, 5) is 0. The van der Waals surface area contributed by atoms with Gasteiger partial charge in [-0.2, -0.15) is 0 Å². The van der Waals surface area contributed by atoms with Crippen LogP contribution in [0.1, 0.15) is 25.3 Å². The Balaban J connectivity index is 2.36. The molecular weight excluding hydrogens is 294 g/mol. The molecule has 0 fully saturated rings.